The van der Waals surface area contributed by atoms with E-state index >= 15 is 0 Å². The molecule has 0 unspecified atom stereocenters. The molecule has 0 heterocycles. The summed E-state index contributed by atoms with van der Waals surface area (Å²) in [6, 6.07) is -0.0245. The third-order valence-electron chi connectivity index (χ3n) is 1.34. The lowest BCUT2D eigenvalue weighted by Gasteiger charge is -2.09. The highest BCUT2D eigenvalue weighted by Crippen LogP contribution is 2.01. The number of alkyl halides is 1. The van der Waals surface area contributed by atoms with Gasteiger partial charge >= 0.3 is 0 Å². The summed E-state index contributed by atoms with van der Waals surface area (Å²) in [5, 5.41) is 0. The van der Waals surface area contributed by atoms with Crippen molar-refractivity contribution in [2.24, 2.45) is 11.5 Å². The van der Waals surface area contributed by atoms with Gasteiger partial charge in [0.25, 0.3) is 0 Å². The van der Waals surface area contributed by atoms with Gasteiger partial charge in [-0.1, -0.05) is 6.92 Å². The number of rotatable bonds is 4. The van der Waals surface area contributed by atoms with Crippen molar-refractivity contribution >= 4 is 0 Å². The molecule has 0 aromatic carbocycles. The molecular formula is C6H15FN2. The summed E-state index contributed by atoms with van der Waals surface area (Å²) in [5.41, 5.74) is 10.5. The molecule has 2 atom stereocenters. The van der Waals surface area contributed by atoms with E-state index < -0.39 is 6.17 Å². The molecule has 9 heavy (non-hydrogen) atoms. The summed E-state index contributed by atoms with van der Waals surface area (Å²) in [6.07, 6.45) is 0.299. The number of nitrogens with two attached hydrogens (primary N) is 2. The molecule has 0 fully saturated rings. The van der Waals surface area contributed by atoms with E-state index in [1.165, 1.54) is 0 Å². The van der Waals surface area contributed by atoms with Gasteiger partial charge in [0.2, 0.25) is 0 Å². The molecule has 3 heteroatoms. The van der Waals surface area contributed by atoms with Gasteiger partial charge in [0, 0.05) is 12.6 Å². The summed E-state index contributed by atoms with van der Waals surface area (Å²) >= 11 is 0. The lowest BCUT2D eigenvalue weighted by Crippen LogP contribution is -2.27. The lowest BCUT2D eigenvalue weighted by atomic mass is 10.1. The maximum Gasteiger partial charge on any atom is 0.114 e. The van der Waals surface area contributed by atoms with Crippen molar-refractivity contribution in [2.75, 3.05) is 6.54 Å². The first kappa shape index (κ1) is 8.85. The van der Waals surface area contributed by atoms with Gasteiger partial charge in [-0.3, -0.25) is 0 Å². The Morgan fingerprint density at radius 2 is 2.11 bits per heavy atom. The fraction of sp³-hybridized carbons (Fsp3) is 1.00. The van der Waals surface area contributed by atoms with Gasteiger partial charge in [-0.2, -0.15) is 0 Å². The summed E-state index contributed by atoms with van der Waals surface area (Å²) in [7, 11) is 0. The maximum absolute atomic E-state index is 12.4. The standard InChI is InChI=1S/C6H15FN2/c1-2-6(9)3-5(7)4-8/h5-6H,2-4,8-9H2,1H3/t5-,6-/m1/s1. The van der Waals surface area contributed by atoms with E-state index in [1.54, 1.807) is 0 Å². The predicted molar refractivity (Wildman–Crippen MR) is 36.8 cm³/mol. The van der Waals surface area contributed by atoms with Crippen molar-refractivity contribution < 1.29 is 4.39 Å². The molecule has 0 aromatic rings. The lowest BCUT2D eigenvalue weighted by molar-refractivity contribution is 0.300. The zero-order valence-electron chi connectivity index (χ0n) is 5.81. The summed E-state index contributed by atoms with van der Waals surface area (Å²) in [5.74, 6) is 0. The largest absolute Gasteiger partial charge is 0.328 e. The van der Waals surface area contributed by atoms with Gasteiger partial charge in [-0.25, -0.2) is 4.39 Å². The number of hydrogen-bond donors (Lipinski definition) is 2. The first-order chi connectivity index (χ1) is 4.20. The van der Waals surface area contributed by atoms with Crippen LogP contribution in [-0.4, -0.2) is 18.8 Å². The van der Waals surface area contributed by atoms with Gasteiger partial charge in [0.05, 0.1) is 0 Å². The fourth-order valence-electron chi connectivity index (χ4n) is 0.591. The summed E-state index contributed by atoms with van der Waals surface area (Å²) < 4.78 is 12.4. The molecule has 0 aliphatic carbocycles. The molecule has 0 amide bonds. The molecule has 4 N–H and O–H groups in total. The van der Waals surface area contributed by atoms with Crippen molar-refractivity contribution in [1.82, 2.24) is 0 Å². The van der Waals surface area contributed by atoms with Gasteiger partial charge in [0.1, 0.15) is 6.17 Å². The highest BCUT2D eigenvalue weighted by Gasteiger charge is 2.07. The molecule has 0 saturated heterocycles. The van der Waals surface area contributed by atoms with Crippen LogP contribution in [0.3, 0.4) is 0 Å². The Morgan fingerprint density at radius 1 is 1.56 bits per heavy atom. The number of hydrogen-bond acceptors (Lipinski definition) is 2. The Balaban J connectivity index is 3.22. The van der Waals surface area contributed by atoms with Crippen LogP contribution in [0.4, 0.5) is 4.39 Å². The smallest absolute Gasteiger partial charge is 0.114 e. The molecule has 0 spiro atoms. The van der Waals surface area contributed by atoms with Crippen LogP contribution < -0.4 is 11.5 Å². The van der Waals surface area contributed by atoms with E-state index in [0.29, 0.717) is 6.42 Å². The third kappa shape index (κ3) is 4.36. The fourth-order valence-corrected chi connectivity index (χ4v) is 0.591. The molecule has 0 rings (SSSR count). The monoisotopic (exact) mass is 134 g/mol. The quantitative estimate of drug-likeness (QED) is 0.585. The van der Waals surface area contributed by atoms with Crippen molar-refractivity contribution in [2.45, 2.75) is 32.0 Å². The van der Waals surface area contributed by atoms with Gasteiger partial charge in [-0.15, -0.1) is 0 Å². The second kappa shape index (κ2) is 4.70. The van der Waals surface area contributed by atoms with Crippen molar-refractivity contribution in [3.63, 3.8) is 0 Å². The maximum atomic E-state index is 12.4. The minimum atomic E-state index is -0.917. The molecule has 2 nitrogen and oxygen atoms in total. The Bertz CT molecular complexity index is 60.1. The second-order valence-corrected chi connectivity index (χ2v) is 2.24. The zero-order valence-corrected chi connectivity index (χ0v) is 5.81. The molecule has 0 saturated carbocycles. The van der Waals surface area contributed by atoms with Crippen LogP contribution in [0.2, 0.25) is 0 Å². The van der Waals surface area contributed by atoms with E-state index in [4.69, 9.17) is 11.5 Å². The highest BCUT2D eigenvalue weighted by atomic mass is 19.1. The zero-order chi connectivity index (χ0) is 7.28. The van der Waals surface area contributed by atoms with Crippen LogP contribution in [0.1, 0.15) is 19.8 Å². The Morgan fingerprint density at radius 3 is 2.44 bits per heavy atom. The first-order valence-corrected chi connectivity index (χ1v) is 3.30. The van der Waals surface area contributed by atoms with E-state index in [-0.39, 0.29) is 12.6 Å². The summed E-state index contributed by atoms with van der Waals surface area (Å²) in [4.78, 5) is 0. The second-order valence-electron chi connectivity index (χ2n) is 2.24. The van der Waals surface area contributed by atoms with Crippen LogP contribution >= 0.6 is 0 Å². The molecule has 0 aliphatic heterocycles. The molecule has 0 aliphatic rings. The average molecular weight is 134 g/mol. The Kier molecular flexibility index (Phi) is 4.62. The molecule has 0 radical (unpaired) electrons. The van der Waals surface area contributed by atoms with Crippen LogP contribution in [0, 0.1) is 0 Å². The Hall–Kier alpha value is -0.150. The first-order valence-electron chi connectivity index (χ1n) is 3.30. The molecule has 0 bridgehead atoms. The molecule has 0 aromatic heterocycles. The summed E-state index contributed by atoms with van der Waals surface area (Å²) in [6.45, 7) is 2.03. The van der Waals surface area contributed by atoms with E-state index in [9.17, 15) is 4.39 Å². The van der Waals surface area contributed by atoms with Gasteiger partial charge in [0.15, 0.2) is 0 Å². The number of halogens is 1. The van der Waals surface area contributed by atoms with Crippen molar-refractivity contribution in [3.05, 3.63) is 0 Å². The topological polar surface area (TPSA) is 52.0 Å². The van der Waals surface area contributed by atoms with Crippen molar-refractivity contribution in [1.29, 1.82) is 0 Å². The van der Waals surface area contributed by atoms with Crippen LogP contribution in [0.5, 0.6) is 0 Å². The molecule has 56 valence electrons. The van der Waals surface area contributed by atoms with E-state index in [1.807, 2.05) is 6.92 Å². The highest BCUT2D eigenvalue weighted by molar-refractivity contribution is 4.65. The van der Waals surface area contributed by atoms with E-state index in [0.717, 1.165) is 6.42 Å². The van der Waals surface area contributed by atoms with E-state index in [2.05, 4.69) is 0 Å². The Labute approximate surface area is 55.4 Å². The van der Waals surface area contributed by atoms with Crippen molar-refractivity contribution in [3.8, 4) is 0 Å². The minimum absolute atomic E-state index is 0.0245. The average Bonchev–Trinajstić information content (AvgIpc) is 1.87. The normalized spacial score (nSPS) is 17.3. The van der Waals surface area contributed by atoms with Crippen LogP contribution in [-0.2, 0) is 0 Å². The third-order valence-corrected chi connectivity index (χ3v) is 1.34. The van der Waals surface area contributed by atoms with Crippen LogP contribution in [0.15, 0.2) is 0 Å². The minimum Gasteiger partial charge on any atom is -0.328 e. The molecular weight excluding hydrogens is 119 g/mol. The SMILES string of the molecule is CC[C@@H](N)C[C@@H](F)CN. The predicted octanol–water partition coefficient (Wildman–Crippen LogP) is 0.411. The van der Waals surface area contributed by atoms with Crippen LogP contribution in [0.25, 0.3) is 0 Å². The van der Waals surface area contributed by atoms with Gasteiger partial charge in [-0.05, 0) is 12.8 Å². The van der Waals surface area contributed by atoms with Gasteiger partial charge < -0.3 is 11.5 Å².